The molecule has 4 heteroatoms. The predicted molar refractivity (Wildman–Crippen MR) is 130 cm³/mol. The molecule has 31 heavy (non-hydrogen) atoms. The number of imide groups is 1. The third-order valence-corrected chi connectivity index (χ3v) is 7.76. The van der Waals surface area contributed by atoms with Crippen molar-refractivity contribution in [3.8, 4) is 11.1 Å². The summed E-state index contributed by atoms with van der Waals surface area (Å²) in [5.74, 6) is -0.316. The van der Waals surface area contributed by atoms with Gasteiger partial charge in [0.05, 0.1) is 4.91 Å². The lowest BCUT2D eigenvalue weighted by Gasteiger charge is -2.42. The first-order chi connectivity index (χ1) is 14.5. The predicted octanol–water partition coefficient (Wildman–Crippen LogP) is 6.90. The van der Waals surface area contributed by atoms with Crippen LogP contribution in [-0.4, -0.2) is 11.1 Å². The van der Waals surface area contributed by atoms with Gasteiger partial charge in [-0.15, -0.1) is 0 Å². The molecule has 0 bridgehead atoms. The molecule has 1 N–H and O–H groups in total. The van der Waals surface area contributed by atoms with Crippen LogP contribution in [0.3, 0.4) is 0 Å². The summed E-state index contributed by atoms with van der Waals surface area (Å²) in [6.45, 7) is 13.8. The number of aryl methyl sites for hydroxylation is 2. The van der Waals surface area contributed by atoms with Crippen molar-refractivity contribution < 1.29 is 9.59 Å². The Morgan fingerprint density at radius 3 is 2.19 bits per heavy atom. The quantitative estimate of drug-likeness (QED) is 0.536. The zero-order chi connectivity index (χ0) is 22.6. The van der Waals surface area contributed by atoms with E-state index in [1.165, 1.54) is 46.2 Å². The van der Waals surface area contributed by atoms with Crippen LogP contribution in [0.1, 0.15) is 75.3 Å². The van der Waals surface area contributed by atoms with E-state index in [-0.39, 0.29) is 22.0 Å². The highest BCUT2D eigenvalue weighted by Crippen LogP contribution is 2.48. The molecule has 3 nitrogen and oxygen atoms in total. The normalized spacial score (nSPS) is 20.6. The van der Waals surface area contributed by atoms with Gasteiger partial charge in [0.15, 0.2) is 0 Å². The van der Waals surface area contributed by atoms with Gasteiger partial charge in [0.2, 0.25) is 0 Å². The Bertz CT molecular complexity index is 1120. The van der Waals surface area contributed by atoms with Crippen molar-refractivity contribution >= 4 is 29.0 Å². The number of fused-ring (bicyclic) bond motifs is 1. The van der Waals surface area contributed by atoms with Crippen LogP contribution in [0, 0.1) is 6.92 Å². The monoisotopic (exact) mass is 433 g/mol. The summed E-state index contributed by atoms with van der Waals surface area (Å²) in [6.07, 6.45) is 5.17. The maximum atomic E-state index is 12.0. The molecule has 2 aromatic rings. The number of carbonyl (C=O) groups excluding carboxylic acids is 2. The van der Waals surface area contributed by atoms with Crippen molar-refractivity contribution in [2.75, 3.05) is 0 Å². The summed E-state index contributed by atoms with van der Waals surface area (Å²) in [5, 5.41) is 2.02. The molecule has 1 aliphatic carbocycles. The highest BCUT2D eigenvalue weighted by molar-refractivity contribution is 8.18. The van der Waals surface area contributed by atoms with Crippen LogP contribution in [0.15, 0.2) is 35.2 Å². The average Bonchev–Trinajstić information content (AvgIpc) is 3.03. The SMILES string of the molecule is CCc1cc2c(cc1-c1cc(/C=C3\SC(=O)NC3=O)ccc1C)C(C)(C)CCC2(C)C. The second-order valence-electron chi connectivity index (χ2n) is 10.1. The van der Waals surface area contributed by atoms with Gasteiger partial charge in [0, 0.05) is 0 Å². The molecule has 0 radical (unpaired) electrons. The Balaban J connectivity index is 1.88. The van der Waals surface area contributed by atoms with E-state index >= 15 is 0 Å². The molecule has 1 heterocycles. The first-order valence-corrected chi connectivity index (χ1v) is 11.9. The van der Waals surface area contributed by atoms with E-state index in [9.17, 15) is 9.59 Å². The minimum Gasteiger partial charge on any atom is -0.282 e. The number of hydrogen-bond donors (Lipinski definition) is 1. The van der Waals surface area contributed by atoms with Gasteiger partial charge in [-0.25, -0.2) is 0 Å². The second-order valence-corrected chi connectivity index (χ2v) is 11.1. The van der Waals surface area contributed by atoms with Crippen molar-refractivity contribution in [2.24, 2.45) is 0 Å². The van der Waals surface area contributed by atoms with Gasteiger partial charge in [-0.2, -0.15) is 0 Å². The largest absolute Gasteiger partial charge is 0.290 e. The van der Waals surface area contributed by atoms with E-state index in [1.54, 1.807) is 0 Å². The molecular weight excluding hydrogens is 402 g/mol. The van der Waals surface area contributed by atoms with Crippen LogP contribution < -0.4 is 5.32 Å². The van der Waals surface area contributed by atoms with Crippen LogP contribution in [0.25, 0.3) is 17.2 Å². The molecule has 2 aromatic carbocycles. The third-order valence-electron chi connectivity index (χ3n) is 6.95. The molecule has 0 spiro atoms. The van der Waals surface area contributed by atoms with Gasteiger partial charge in [-0.3, -0.25) is 14.9 Å². The molecule has 2 aliphatic rings. The van der Waals surface area contributed by atoms with Crippen molar-refractivity contribution in [1.82, 2.24) is 5.32 Å². The molecule has 162 valence electrons. The zero-order valence-electron chi connectivity index (χ0n) is 19.3. The number of carbonyl (C=O) groups is 2. The molecule has 1 fully saturated rings. The van der Waals surface area contributed by atoms with Crippen LogP contribution in [-0.2, 0) is 22.0 Å². The topological polar surface area (TPSA) is 46.2 Å². The summed E-state index contributed by atoms with van der Waals surface area (Å²) >= 11 is 0.962. The average molecular weight is 434 g/mol. The van der Waals surface area contributed by atoms with Crippen molar-refractivity contribution in [1.29, 1.82) is 0 Å². The molecule has 1 saturated heterocycles. The van der Waals surface area contributed by atoms with Crippen LogP contribution >= 0.6 is 11.8 Å². The fourth-order valence-electron chi connectivity index (χ4n) is 4.79. The van der Waals surface area contributed by atoms with Crippen LogP contribution in [0.5, 0.6) is 0 Å². The van der Waals surface area contributed by atoms with E-state index in [1.807, 2.05) is 12.1 Å². The van der Waals surface area contributed by atoms with E-state index < -0.39 is 0 Å². The van der Waals surface area contributed by atoms with Crippen LogP contribution in [0.4, 0.5) is 4.79 Å². The van der Waals surface area contributed by atoms with E-state index in [2.05, 4.69) is 71.1 Å². The Kier molecular flexibility index (Phi) is 5.41. The number of nitrogens with one attached hydrogen (secondary N) is 1. The highest BCUT2D eigenvalue weighted by Gasteiger charge is 2.37. The summed E-state index contributed by atoms with van der Waals surface area (Å²) in [5.41, 5.74) is 9.27. The summed E-state index contributed by atoms with van der Waals surface area (Å²) in [6, 6.07) is 11.1. The first kappa shape index (κ1) is 21.9. The Morgan fingerprint density at radius 1 is 0.968 bits per heavy atom. The van der Waals surface area contributed by atoms with Gasteiger partial charge in [0.25, 0.3) is 11.1 Å². The fourth-order valence-corrected chi connectivity index (χ4v) is 5.48. The Labute approximate surface area is 189 Å². The van der Waals surface area contributed by atoms with Gasteiger partial charge >= 0.3 is 0 Å². The standard InChI is InChI=1S/C27H31NO2S/c1-7-18-14-21-22(27(5,6)11-10-26(21,3)4)15-20(18)19-12-17(9-8-16(19)2)13-23-24(29)28-25(30)31-23/h8-9,12-15H,7,10-11H2,1-6H3,(H,28,29,30)/b23-13-. The molecule has 0 atom stereocenters. The number of rotatable bonds is 3. The molecule has 4 rings (SSSR count). The Morgan fingerprint density at radius 2 is 1.61 bits per heavy atom. The molecule has 0 saturated carbocycles. The lowest BCUT2D eigenvalue weighted by molar-refractivity contribution is -0.115. The van der Waals surface area contributed by atoms with E-state index in [4.69, 9.17) is 0 Å². The minimum absolute atomic E-state index is 0.151. The second kappa shape index (κ2) is 7.67. The van der Waals surface area contributed by atoms with Gasteiger partial charge in [-0.1, -0.05) is 58.9 Å². The maximum absolute atomic E-state index is 12.0. The molecule has 2 amide bonds. The lowest BCUT2D eigenvalue weighted by Crippen LogP contribution is -2.34. The van der Waals surface area contributed by atoms with Gasteiger partial charge in [0.1, 0.15) is 0 Å². The first-order valence-electron chi connectivity index (χ1n) is 11.1. The van der Waals surface area contributed by atoms with E-state index in [0.717, 1.165) is 23.7 Å². The van der Waals surface area contributed by atoms with Gasteiger partial charge < -0.3 is 0 Å². The zero-order valence-corrected chi connectivity index (χ0v) is 20.1. The summed E-state index contributed by atoms with van der Waals surface area (Å²) < 4.78 is 0. The van der Waals surface area contributed by atoms with Crippen molar-refractivity contribution in [2.45, 2.75) is 71.6 Å². The molecule has 0 aromatic heterocycles. The number of amides is 2. The molecule has 1 aliphatic heterocycles. The third kappa shape index (κ3) is 3.98. The van der Waals surface area contributed by atoms with Crippen molar-refractivity contribution in [3.63, 3.8) is 0 Å². The minimum atomic E-state index is -0.316. The highest BCUT2D eigenvalue weighted by atomic mass is 32.2. The Hall–Kier alpha value is -2.33. The maximum Gasteiger partial charge on any atom is 0.290 e. The number of hydrogen-bond acceptors (Lipinski definition) is 3. The number of thioether (sulfide) groups is 1. The smallest absolute Gasteiger partial charge is 0.282 e. The molecule has 0 unspecified atom stereocenters. The fraction of sp³-hybridized carbons (Fsp3) is 0.407. The van der Waals surface area contributed by atoms with E-state index in [0.29, 0.717) is 4.91 Å². The summed E-state index contributed by atoms with van der Waals surface area (Å²) in [7, 11) is 0. The summed E-state index contributed by atoms with van der Waals surface area (Å²) in [4.78, 5) is 24.0. The number of benzene rings is 2. The molecular formula is C27H31NO2S. The van der Waals surface area contributed by atoms with Gasteiger partial charge in [-0.05, 0) is 99.9 Å². The van der Waals surface area contributed by atoms with Crippen LogP contribution in [0.2, 0.25) is 0 Å². The van der Waals surface area contributed by atoms with Crippen molar-refractivity contribution in [3.05, 3.63) is 63.1 Å². The lowest BCUT2D eigenvalue weighted by atomic mass is 9.62.